The average molecular weight is 242 g/mol. The summed E-state index contributed by atoms with van der Waals surface area (Å²) in [6.07, 6.45) is 5.07. The lowest BCUT2D eigenvalue weighted by Gasteiger charge is -2.25. The third kappa shape index (κ3) is 2.05. The quantitative estimate of drug-likeness (QED) is 0.624. The summed E-state index contributed by atoms with van der Waals surface area (Å²) in [6.45, 7) is 3.18. The zero-order valence-electron chi connectivity index (χ0n) is 9.28. The van der Waals surface area contributed by atoms with Gasteiger partial charge in [-0.1, -0.05) is 18.5 Å². The summed E-state index contributed by atoms with van der Waals surface area (Å²) < 4.78 is 0. The first-order valence-electron chi connectivity index (χ1n) is 5.52. The molecule has 0 bridgehead atoms. The van der Waals surface area contributed by atoms with Gasteiger partial charge in [0.1, 0.15) is 5.02 Å². The van der Waals surface area contributed by atoms with Crippen molar-refractivity contribution in [1.29, 1.82) is 0 Å². The maximum atomic E-state index is 6.12. The summed E-state index contributed by atoms with van der Waals surface area (Å²) >= 11 is 6.12. The van der Waals surface area contributed by atoms with Gasteiger partial charge in [-0.3, -0.25) is 5.43 Å². The van der Waals surface area contributed by atoms with Crippen LogP contribution in [0.25, 0.3) is 0 Å². The second-order valence-corrected chi connectivity index (χ2v) is 4.31. The van der Waals surface area contributed by atoms with Gasteiger partial charge in [-0.15, -0.1) is 0 Å². The van der Waals surface area contributed by atoms with Gasteiger partial charge in [-0.25, -0.2) is 10.8 Å². The number of rotatable bonds is 3. The molecule has 1 aromatic rings. The molecule has 2 heterocycles. The van der Waals surface area contributed by atoms with Crippen molar-refractivity contribution in [2.24, 2.45) is 5.84 Å². The first-order chi connectivity index (χ1) is 7.76. The highest BCUT2D eigenvalue weighted by Gasteiger charge is 2.26. The van der Waals surface area contributed by atoms with Crippen LogP contribution in [0.15, 0.2) is 6.20 Å². The Morgan fingerprint density at radius 1 is 1.69 bits per heavy atom. The molecule has 16 heavy (non-hydrogen) atoms. The second-order valence-electron chi connectivity index (χ2n) is 3.91. The Morgan fingerprint density at radius 2 is 2.50 bits per heavy atom. The number of hydrogen-bond donors (Lipinski definition) is 2. The van der Waals surface area contributed by atoms with Gasteiger partial charge in [0.05, 0.1) is 6.20 Å². The Bertz CT molecular complexity index is 370. The molecule has 1 fully saturated rings. The molecule has 1 aliphatic rings. The summed E-state index contributed by atoms with van der Waals surface area (Å²) in [5.41, 5.74) is 2.44. The number of anilines is 2. The van der Waals surface area contributed by atoms with Gasteiger partial charge in [0.15, 0.2) is 5.82 Å². The number of halogens is 1. The predicted octanol–water partition coefficient (Wildman–Crippen LogP) is 1.79. The fourth-order valence-corrected chi connectivity index (χ4v) is 2.37. The number of nitrogens with one attached hydrogen (secondary N) is 1. The number of nitrogen functional groups attached to an aromatic ring is 1. The van der Waals surface area contributed by atoms with Crippen LogP contribution in [0.4, 0.5) is 11.8 Å². The van der Waals surface area contributed by atoms with Crippen LogP contribution >= 0.6 is 11.6 Å². The molecule has 3 N–H and O–H groups in total. The van der Waals surface area contributed by atoms with E-state index < -0.39 is 0 Å². The van der Waals surface area contributed by atoms with Crippen molar-refractivity contribution >= 4 is 23.4 Å². The van der Waals surface area contributed by atoms with E-state index in [1.807, 2.05) is 0 Å². The molecular formula is C10H16ClN5. The molecule has 88 valence electrons. The SMILES string of the molecule is CCC1CCCN1c1nc(NN)ncc1Cl. The Balaban J connectivity index is 2.31. The van der Waals surface area contributed by atoms with Gasteiger partial charge in [-0.2, -0.15) is 4.98 Å². The number of aromatic nitrogens is 2. The molecule has 1 saturated heterocycles. The van der Waals surface area contributed by atoms with Crippen molar-refractivity contribution in [3.63, 3.8) is 0 Å². The molecule has 6 heteroatoms. The normalized spacial score (nSPS) is 20.2. The lowest BCUT2D eigenvalue weighted by Crippen LogP contribution is -2.30. The zero-order chi connectivity index (χ0) is 11.5. The summed E-state index contributed by atoms with van der Waals surface area (Å²) in [6, 6.07) is 0.526. The van der Waals surface area contributed by atoms with Crippen molar-refractivity contribution in [2.75, 3.05) is 16.9 Å². The third-order valence-corrected chi connectivity index (χ3v) is 3.24. The van der Waals surface area contributed by atoms with Crippen molar-refractivity contribution < 1.29 is 0 Å². The summed E-state index contributed by atoms with van der Waals surface area (Å²) in [5.74, 6) is 6.49. The minimum Gasteiger partial charge on any atom is -0.352 e. The summed E-state index contributed by atoms with van der Waals surface area (Å²) in [4.78, 5) is 10.5. The smallest absolute Gasteiger partial charge is 0.239 e. The van der Waals surface area contributed by atoms with E-state index in [0.717, 1.165) is 18.8 Å². The van der Waals surface area contributed by atoms with Crippen molar-refractivity contribution in [3.05, 3.63) is 11.2 Å². The largest absolute Gasteiger partial charge is 0.352 e. The van der Waals surface area contributed by atoms with Crippen LogP contribution in [0, 0.1) is 0 Å². The fourth-order valence-electron chi connectivity index (χ4n) is 2.17. The summed E-state index contributed by atoms with van der Waals surface area (Å²) in [7, 11) is 0. The van der Waals surface area contributed by atoms with Crippen molar-refractivity contribution in [1.82, 2.24) is 9.97 Å². The van der Waals surface area contributed by atoms with Gasteiger partial charge in [0, 0.05) is 12.6 Å². The first-order valence-corrected chi connectivity index (χ1v) is 5.89. The van der Waals surface area contributed by atoms with Crippen LogP contribution in [0.2, 0.25) is 5.02 Å². The van der Waals surface area contributed by atoms with Crippen molar-refractivity contribution in [2.45, 2.75) is 32.2 Å². The van der Waals surface area contributed by atoms with Gasteiger partial charge in [0.25, 0.3) is 0 Å². The lowest BCUT2D eigenvalue weighted by molar-refractivity contribution is 0.640. The molecular weight excluding hydrogens is 226 g/mol. The fraction of sp³-hybridized carbons (Fsp3) is 0.600. The van der Waals surface area contributed by atoms with E-state index in [0.29, 0.717) is 17.0 Å². The topological polar surface area (TPSA) is 67.1 Å². The minimum atomic E-state index is 0.404. The van der Waals surface area contributed by atoms with E-state index >= 15 is 0 Å². The van der Waals surface area contributed by atoms with E-state index in [2.05, 4.69) is 27.2 Å². The second kappa shape index (κ2) is 4.84. The number of hydrogen-bond acceptors (Lipinski definition) is 5. The molecule has 0 spiro atoms. The van der Waals surface area contributed by atoms with E-state index in [9.17, 15) is 0 Å². The van der Waals surface area contributed by atoms with Crippen LogP contribution in [0.3, 0.4) is 0 Å². The molecule has 1 aromatic heterocycles. The molecule has 0 aromatic carbocycles. The Morgan fingerprint density at radius 3 is 3.19 bits per heavy atom. The third-order valence-electron chi connectivity index (χ3n) is 2.98. The highest BCUT2D eigenvalue weighted by Crippen LogP contribution is 2.31. The monoisotopic (exact) mass is 241 g/mol. The number of nitrogens with zero attached hydrogens (tertiary/aromatic N) is 3. The summed E-state index contributed by atoms with van der Waals surface area (Å²) in [5, 5.41) is 0.583. The molecule has 0 amide bonds. The molecule has 1 unspecified atom stereocenters. The van der Waals surface area contributed by atoms with Crippen LogP contribution in [-0.2, 0) is 0 Å². The van der Waals surface area contributed by atoms with Gasteiger partial charge in [0.2, 0.25) is 5.95 Å². The Labute approximate surface area is 100.0 Å². The van der Waals surface area contributed by atoms with E-state index in [1.165, 1.54) is 12.8 Å². The molecule has 5 nitrogen and oxygen atoms in total. The number of nitrogens with two attached hydrogens (primary N) is 1. The zero-order valence-corrected chi connectivity index (χ0v) is 10.0. The standard InChI is InChI=1S/C10H16ClN5/c1-2-7-4-3-5-16(7)9-8(11)6-13-10(14-9)15-12/h6-7H,2-5,12H2,1H3,(H,13,14,15). The molecule has 1 aliphatic heterocycles. The van der Waals surface area contributed by atoms with E-state index in [-0.39, 0.29) is 0 Å². The molecule has 2 rings (SSSR count). The molecule has 1 atom stereocenters. The minimum absolute atomic E-state index is 0.404. The van der Waals surface area contributed by atoms with Crippen molar-refractivity contribution in [3.8, 4) is 0 Å². The maximum absolute atomic E-state index is 6.12. The van der Waals surface area contributed by atoms with E-state index in [4.69, 9.17) is 17.4 Å². The van der Waals surface area contributed by atoms with Crippen LogP contribution in [0.5, 0.6) is 0 Å². The van der Waals surface area contributed by atoms with Gasteiger partial charge in [-0.05, 0) is 19.3 Å². The predicted molar refractivity (Wildman–Crippen MR) is 65.5 cm³/mol. The van der Waals surface area contributed by atoms with Crippen LogP contribution in [0.1, 0.15) is 26.2 Å². The highest BCUT2D eigenvalue weighted by molar-refractivity contribution is 6.32. The highest BCUT2D eigenvalue weighted by atomic mass is 35.5. The first kappa shape index (κ1) is 11.4. The van der Waals surface area contributed by atoms with Gasteiger partial charge >= 0.3 is 0 Å². The molecule has 0 radical (unpaired) electrons. The van der Waals surface area contributed by atoms with Crippen LogP contribution in [-0.4, -0.2) is 22.6 Å². The molecule has 0 aliphatic carbocycles. The maximum Gasteiger partial charge on any atom is 0.239 e. The Hall–Kier alpha value is -1.07. The average Bonchev–Trinajstić information content (AvgIpc) is 2.77. The molecule has 0 saturated carbocycles. The van der Waals surface area contributed by atoms with E-state index in [1.54, 1.807) is 6.20 Å². The van der Waals surface area contributed by atoms with Gasteiger partial charge < -0.3 is 4.90 Å². The lowest BCUT2D eigenvalue weighted by atomic mass is 10.2. The Kier molecular flexibility index (Phi) is 3.46. The number of hydrazine groups is 1. The van der Waals surface area contributed by atoms with Crippen LogP contribution < -0.4 is 16.2 Å².